The van der Waals surface area contributed by atoms with E-state index in [0.717, 1.165) is 0 Å². The van der Waals surface area contributed by atoms with Crippen molar-refractivity contribution in [3.8, 4) is 0 Å². The first-order valence-electron chi connectivity index (χ1n) is 7.84. The molecule has 0 radical (unpaired) electrons. The zero-order valence-corrected chi connectivity index (χ0v) is 14.9. The van der Waals surface area contributed by atoms with Gasteiger partial charge in [0.25, 0.3) is 0 Å². The third-order valence-electron chi connectivity index (χ3n) is 3.60. The van der Waals surface area contributed by atoms with E-state index in [1.807, 2.05) is 0 Å². The summed E-state index contributed by atoms with van der Waals surface area (Å²) in [6, 6.07) is 0. The molecule has 0 atom stereocenters. The molecule has 0 spiro atoms. The number of aliphatic carboxylic acids is 1. The summed E-state index contributed by atoms with van der Waals surface area (Å²) in [6.07, 6.45) is 0.449. The summed E-state index contributed by atoms with van der Waals surface area (Å²) < 4.78 is 36.1. The molecule has 0 aromatic carbocycles. The van der Waals surface area contributed by atoms with E-state index in [2.05, 4.69) is 10.0 Å². The summed E-state index contributed by atoms with van der Waals surface area (Å²) in [5, 5.41) is 11.7. The van der Waals surface area contributed by atoms with Crippen molar-refractivity contribution in [2.45, 2.75) is 44.8 Å². The summed E-state index contributed by atoms with van der Waals surface area (Å²) in [4.78, 5) is 23.1. The van der Waals surface area contributed by atoms with Crippen LogP contribution in [0.2, 0.25) is 0 Å². The van der Waals surface area contributed by atoms with E-state index in [4.69, 9.17) is 14.6 Å². The van der Waals surface area contributed by atoms with E-state index < -0.39 is 34.0 Å². The van der Waals surface area contributed by atoms with Crippen LogP contribution in [0, 0.1) is 0 Å². The summed E-state index contributed by atoms with van der Waals surface area (Å²) in [5.74, 6) is -1.83. The molecular weight excluding hydrogens is 340 g/mol. The number of carbonyl (C=O) groups excluding carboxylic acids is 1. The second-order valence-corrected chi connectivity index (χ2v) is 8.00. The van der Waals surface area contributed by atoms with Crippen LogP contribution in [0.15, 0.2) is 0 Å². The molecule has 0 unspecified atom stereocenters. The molecule has 1 heterocycles. The minimum absolute atomic E-state index is 0.0366. The van der Waals surface area contributed by atoms with E-state index in [-0.39, 0.29) is 24.9 Å². The van der Waals surface area contributed by atoms with E-state index >= 15 is 0 Å². The van der Waals surface area contributed by atoms with Crippen LogP contribution in [0.4, 0.5) is 0 Å². The van der Waals surface area contributed by atoms with Gasteiger partial charge in [0.15, 0.2) is 0 Å². The Morgan fingerprint density at radius 2 is 1.92 bits per heavy atom. The Balaban J connectivity index is 2.49. The standard InChI is InChI=1S/C14H26N2O7S/c1-11(2)23-7-8-24(20,21)15-10-12(17)16-14(9-13(18)19)3-5-22-6-4-14/h11,15H,3-10H2,1-2H3,(H,16,17)(H,18,19). The highest BCUT2D eigenvalue weighted by atomic mass is 32.2. The van der Waals surface area contributed by atoms with Gasteiger partial charge >= 0.3 is 5.97 Å². The van der Waals surface area contributed by atoms with Gasteiger partial charge in [-0.3, -0.25) is 9.59 Å². The van der Waals surface area contributed by atoms with Crippen LogP contribution < -0.4 is 10.0 Å². The second-order valence-electron chi connectivity index (χ2n) is 6.07. The molecule has 1 amide bonds. The van der Waals surface area contributed by atoms with Gasteiger partial charge in [0.1, 0.15) is 0 Å². The van der Waals surface area contributed by atoms with Crippen molar-refractivity contribution in [1.29, 1.82) is 0 Å². The summed E-state index contributed by atoms with van der Waals surface area (Å²) in [5.41, 5.74) is -0.895. The first kappa shape index (κ1) is 20.8. The zero-order valence-electron chi connectivity index (χ0n) is 14.0. The highest BCUT2D eigenvalue weighted by Gasteiger charge is 2.36. The van der Waals surface area contributed by atoms with E-state index in [1.165, 1.54) is 0 Å². The quantitative estimate of drug-likeness (QED) is 0.474. The predicted molar refractivity (Wildman–Crippen MR) is 86.1 cm³/mol. The van der Waals surface area contributed by atoms with Gasteiger partial charge in [0, 0.05) is 13.2 Å². The highest BCUT2D eigenvalue weighted by molar-refractivity contribution is 7.89. The fourth-order valence-corrected chi connectivity index (χ4v) is 3.19. The molecule has 0 bridgehead atoms. The van der Waals surface area contributed by atoms with Crippen LogP contribution in [0.1, 0.15) is 33.1 Å². The molecule has 24 heavy (non-hydrogen) atoms. The maximum atomic E-state index is 12.0. The van der Waals surface area contributed by atoms with E-state index in [1.54, 1.807) is 13.8 Å². The predicted octanol–water partition coefficient (Wildman–Crippen LogP) is -0.529. The highest BCUT2D eigenvalue weighted by Crippen LogP contribution is 2.24. The fourth-order valence-electron chi connectivity index (χ4n) is 2.38. The fraction of sp³-hybridized carbons (Fsp3) is 0.857. The van der Waals surface area contributed by atoms with Gasteiger partial charge in [-0.15, -0.1) is 0 Å². The lowest BCUT2D eigenvalue weighted by molar-refractivity contribution is -0.140. The lowest BCUT2D eigenvalue weighted by Gasteiger charge is -2.36. The number of sulfonamides is 1. The van der Waals surface area contributed by atoms with Gasteiger partial charge in [-0.2, -0.15) is 0 Å². The Hall–Kier alpha value is -1.23. The molecule has 1 rings (SSSR count). The van der Waals surface area contributed by atoms with Crippen molar-refractivity contribution in [3.05, 3.63) is 0 Å². The van der Waals surface area contributed by atoms with Crippen molar-refractivity contribution in [2.75, 3.05) is 32.1 Å². The molecular formula is C14H26N2O7S. The van der Waals surface area contributed by atoms with Crippen molar-refractivity contribution < 1.29 is 32.6 Å². The smallest absolute Gasteiger partial charge is 0.305 e. The molecule has 3 N–H and O–H groups in total. The van der Waals surface area contributed by atoms with E-state index in [9.17, 15) is 18.0 Å². The number of ether oxygens (including phenoxy) is 2. The number of carboxylic acids is 1. The van der Waals surface area contributed by atoms with Crippen LogP contribution in [-0.4, -0.2) is 69.2 Å². The molecule has 140 valence electrons. The van der Waals surface area contributed by atoms with Crippen LogP contribution in [0.3, 0.4) is 0 Å². The Labute approximate surface area is 142 Å². The molecule has 1 aliphatic rings. The Morgan fingerprint density at radius 3 is 2.46 bits per heavy atom. The van der Waals surface area contributed by atoms with Gasteiger partial charge in [-0.05, 0) is 26.7 Å². The number of carbonyl (C=O) groups is 2. The van der Waals surface area contributed by atoms with Crippen molar-refractivity contribution in [3.63, 3.8) is 0 Å². The number of rotatable bonds is 10. The molecule has 9 nitrogen and oxygen atoms in total. The molecule has 0 aromatic heterocycles. The maximum Gasteiger partial charge on any atom is 0.305 e. The third kappa shape index (κ3) is 8.04. The number of amides is 1. The largest absolute Gasteiger partial charge is 0.481 e. The number of carboxylic acid groups (broad SMARTS) is 1. The molecule has 0 aromatic rings. The topological polar surface area (TPSA) is 131 Å². The average Bonchev–Trinajstić information content (AvgIpc) is 2.44. The molecule has 10 heteroatoms. The van der Waals surface area contributed by atoms with Crippen molar-refractivity contribution in [2.24, 2.45) is 0 Å². The Morgan fingerprint density at radius 1 is 1.29 bits per heavy atom. The maximum absolute atomic E-state index is 12.0. The van der Waals surface area contributed by atoms with Crippen molar-refractivity contribution >= 4 is 21.9 Å². The minimum atomic E-state index is -3.63. The lowest BCUT2D eigenvalue weighted by atomic mass is 9.86. The van der Waals surface area contributed by atoms with E-state index in [0.29, 0.717) is 26.1 Å². The number of hydrogen-bond acceptors (Lipinski definition) is 6. The number of nitrogens with one attached hydrogen (secondary N) is 2. The number of hydrogen-bond donors (Lipinski definition) is 3. The lowest BCUT2D eigenvalue weighted by Crippen LogP contribution is -2.55. The van der Waals surface area contributed by atoms with Crippen LogP contribution in [-0.2, 0) is 29.1 Å². The van der Waals surface area contributed by atoms with Crippen LogP contribution in [0.5, 0.6) is 0 Å². The first-order chi connectivity index (χ1) is 11.1. The summed E-state index contributed by atoms with van der Waals surface area (Å²) in [7, 11) is -3.63. The monoisotopic (exact) mass is 366 g/mol. The Kier molecular flexibility index (Phi) is 8.07. The normalized spacial score (nSPS) is 17.6. The SMILES string of the molecule is CC(C)OCCS(=O)(=O)NCC(=O)NC1(CC(=O)O)CCOCC1. The van der Waals surface area contributed by atoms with Gasteiger partial charge < -0.3 is 19.9 Å². The first-order valence-corrected chi connectivity index (χ1v) is 9.49. The van der Waals surface area contributed by atoms with Gasteiger partial charge in [-0.1, -0.05) is 0 Å². The van der Waals surface area contributed by atoms with Gasteiger partial charge in [0.05, 0.1) is 37.0 Å². The minimum Gasteiger partial charge on any atom is -0.481 e. The summed E-state index contributed by atoms with van der Waals surface area (Å²) in [6.45, 7) is 3.89. The second kappa shape index (κ2) is 9.30. The van der Waals surface area contributed by atoms with Gasteiger partial charge in [-0.25, -0.2) is 13.1 Å². The zero-order chi connectivity index (χ0) is 18.2. The third-order valence-corrected chi connectivity index (χ3v) is 4.89. The van der Waals surface area contributed by atoms with Crippen LogP contribution in [0.25, 0.3) is 0 Å². The molecule has 0 saturated carbocycles. The molecule has 1 aliphatic heterocycles. The summed E-state index contributed by atoms with van der Waals surface area (Å²) >= 11 is 0. The van der Waals surface area contributed by atoms with Crippen molar-refractivity contribution in [1.82, 2.24) is 10.0 Å². The average molecular weight is 366 g/mol. The Bertz CT molecular complexity index is 527. The van der Waals surface area contributed by atoms with Gasteiger partial charge in [0.2, 0.25) is 15.9 Å². The van der Waals surface area contributed by atoms with Crippen LogP contribution >= 0.6 is 0 Å². The molecule has 0 aliphatic carbocycles. The molecule has 1 saturated heterocycles. The molecule has 1 fully saturated rings.